The molecule has 0 atom stereocenters. The highest BCUT2D eigenvalue weighted by Crippen LogP contribution is 2.29. The highest BCUT2D eigenvalue weighted by Gasteiger charge is 2.16. The number of hydrogen-bond acceptors (Lipinski definition) is 3. The Labute approximate surface area is 100 Å². The van der Waals surface area contributed by atoms with Gasteiger partial charge in [-0.25, -0.2) is 0 Å². The van der Waals surface area contributed by atoms with Gasteiger partial charge in [-0.05, 0) is 53.5 Å². The van der Waals surface area contributed by atoms with Crippen LogP contribution in [0.25, 0.3) is 0 Å². The molecule has 0 bridgehead atoms. The quantitative estimate of drug-likeness (QED) is 0.782. The molecule has 2 aromatic heterocycles. The fourth-order valence-electron chi connectivity index (χ4n) is 1.25. The molecule has 0 spiro atoms. The molecular weight excluding hydrogens is 276 g/mol. The molecule has 0 amide bonds. The molecule has 78 valence electrons. The van der Waals surface area contributed by atoms with Crippen molar-refractivity contribution < 1.29 is 9.21 Å². The van der Waals surface area contributed by atoms with Gasteiger partial charge in [0.1, 0.15) is 5.76 Å². The highest BCUT2D eigenvalue weighted by atomic mass is 79.9. The summed E-state index contributed by atoms with van der Waals surface area (Å²) in [5.74, 6) is 1.11. The summed E-state index contributed by atoms with van der Waals surface area (Å²) >= 11 is 4.83. The first-order chi connectivity index (χ1) is 7.08. The van der Waals surface area contributed by atoms with E-state index in [2.05, 4.69) is 15.9 Å². The molecule has 2 aromatic rings. The zero-order valence-electron chi connectivity index (χ0n) is 8.33. The lowest BCUT2D eigenvalue weighted by atomic mass is 10.2. The molecule has 0 aliphatic rings. The van der Waals surface area contributed by atoms with E-state index >= 15 is 0 Å². The van der Waals surface area contributed by atoms with E-state index in [1.165, 1.54) is 11.3 Å². The van der Waals surface area contributed by atoms with Crippen LogP contribution in [0.15, 0.2) is 26.4 Å². The van der Waals surface area contributed by atoms with E-state index in [9.17, 15) is 4.79 Å². The summed E-state index contributed by atoms with van der Waals surface area (Å²) in [5, 5.41) is 0. The van der Waals surface area contributed by atoms with Crippen LogP contribution in [-0.4, -0.2) is 5.78 Å². The molecule has 0 saturated carbocycles. The van der Waals surface area contributed by atoms with Gasteiger partial charge >= 0.3 is 0 Å². The van der Waals surface area contributed by atoms with Crippen LogP contribution in [0.4, 0.5) is 0 Å². The second-order valence-electron chi connectivity index (χ2n) is 3.31. The predicted molar refractivity (Wildman–Crippen MR) is 63.6 cm³/mol. The Hall–Kier alpha value is -0.870. The van der Waals surface area contributed by atoms with Crippen molar-refractivity contribution in [3.8, 4) is 0 Å². The monoisotopic (exact) mass is 284 g/mol. The molecule has 2 nitrogen and oxygen atoms in total. The number of carbonyl (C=O) groups excluding carboxylic acids is 1. The molecule has 0 N–H and O–H groups in total. The van der Waals surface area contributed by atoms with Gasteiger partial charge in [0, 0.05) is 0 Å². The molecule has 0 fully saturated rings. The van der Waals surface area contributed by atoms with Crippen LogP contribution in [0.1, 0.15) is 26.8 Å². The van der Waals surface area contributed by atoms with Crippen LogP contribution in [0.5, 0.6) is 0 Å². The minimum absolute atomic E-state index is 0.0538. The zero-order chi connectivity index (χ0) is 11.0. The van der Waals surface area contributed by atoms with Crippen molar-refractivity contribution in [2.75, 3.05) is 0 Å². The third kappa shape index (κ3) is 2.06. The van der Waals surface area contributed by atoms with Gasteiger partial charge in [-0.2, -0.15) is 0 Å². The fourth-order valence-corrected chi connectivity index (χ4v) is 2.73. The number of furan rings is 1. The smallest absolute Gasteiger partial charge is 0.238 e. The minimum Gasteiger partial charge on any atom is -0.458 e. The van der Waals surface area contributed by atoms with Gasteiger partial charge in [0.15, 0.2) is 5.76 Å². The van der Waals surface area contributed by atoms with Crippen LogP contribution in [0.2, 0.25) is 0 Å². The Balaban J connectivity index is 2.36. The largest absolute Gasteiger partial charge is 0.458 e. The first-order valence-electron chi connectivity index (χ1n) is 4.45. The van der Waals surface area contributed by atoms with Crippen LogP contribution in [0.3, 0.4) is 0 Å². The van der Waals surface area contributed by atoms with Crippen molar-refractivity contribution in [3.05, 3.63) is 43.9 Å². The van der Waals surface area contributed by atoms with E-state index in [0.717, 1.165) is 15.1 Å². The van der Waals surface area contributed by atoms with Crippen LogP contribution < -0.4 is 0 Å². The first-order valence-corrected chi connectivity index (χ1v) is 6.06. The van der Waals surface area contributed by atoms with E-state index < -0.39 is 0 Å². The summed E-state index contributed by atoms with van der Waals surface area (Å²) in [4.78, 5) is 12.6. The molecule has 15 heavy (non-hydrogen) atoms. The number of ketones is 1. The van der Waals surface area contributed by atoms with Crippen molar-refractivity contribution in [1.29, 1.82) is 0 Å². The van der Waals surface area contributed by atoms with E-state index in [-0.39, 0.29) is 5.78 Å². The third-order valence-electron chi connectivity index (χ3n) is 2.05. The van der Waals surface area contributed by atoms with Crippen molar-refractivity contribution in [1.82, 2.24) is 0 Å². The lowest BCUT2D eigenvalue weighted by Crippen LogP contribution is -1.95. The van der Waals surface area contributed by atoms with Crippen LogP contribution >= 0.6 is 27.3 Å². The second kappa shape index (κ2) is 3.94. The summed E-state index contributed by atoms with van der Waals surface area (Å²) in [6.07, 6.45) is 0. The Morgan fingerprint density at radius 2 is 2.13 bits per heavy atom. The van der Waals surface area contributed by atoms with Crippen molar-refractivity contribution in [2.45, 2.75) is 13.8 Å². The Bertz CT molecular complexity index is 491. The molecule has 4 heteroatoms. The van der Waals surface area contributed by atoms with Gasteiger partial charge in [0.2, 0.25) is 5.78 Å². The molecule has 0 radical (unpaired) electrons. The van der Waals surface area contributed by atoms with Gasteiger partial charge in [0.25, 0.3) is 0 Å². The Kier molecular flexibility index (Phi) is 2.80. The van der Waals surface area contributed by atoms with Gasteiger partial charge in [0.05, 0.1) is 8.66 Å². The average Bonchev–Trinajstić information content (AvgIpc) is 2.74. The summed E-state index contributed by atoms with van der Waals surface area (Å²) in [7, 11) is 0. The number of carbonyl (C=O) groups is 1. The topological polar surface area (TPSA) is 30.2 Å². The Morgan fingerprint density at radius 1 is 1.40 bits per heavy atom. The van der Waals surface area contributed by atoms with Gasteiger partial charge < -0.3 is 4.42 Å². The maximum atomic E-state index is 11.9. The van der Waals surface area contributed by atoms with Crippen molar-refractivity contribution in [2.24, 2.45) is 0 Å². The predicted octanol–water partition coefficient (Wildman–Crippen LogP) is 3.95. The van der Waals surface area contributed by atoms with Crippen molar-refractivity contribution >= 4 is 33.0 Å². The fraction of sp³-hybridized carbons (Fsp3) is 0.182. The Morgan fingerprint density at radius 3 is 2.60 bits per heavy atom. The highest BCUT2D eigenvalue weighted by molar-refractivity contribution is 9.11. The molecule has 2 heterocycles. The number of aryl methyl sites for hydroxylation is 2. The van der Waals surface area contributed by atoms with Gasteiger partial charge in [-0.3, -0.25) is 4.79 Å². The van der Waals surface area contributed by atoms with E-state index in [1.54, 1.807) is 12.1 Å². The van der Waals surface area contributed by atoms with E-state index in [1.807, 2.05) is 19.9 Å². The summed E-state index contributed by atoms with van der Waals surface area (Å²) in [6.45, 7) is 3.79. The third-order valence-corrected chi connectivity index (χ3v) is 4.18. The van der Waals surface area contributed by atoms with E-state index in [4.69, 9.17) is 4.42 Å². The maximum absolute atomic E-state index is 11.9. The lowest BCUT2D eigenvalue weighted by molar-refractivity contribution is 0.101. The molecule has 0 aliphatic heterocycles. The van der Waals surface area contributed by atoms with Crippen molar-refractivity contribution in [3.63, 3.8) is 0 Å². The number of rotatable bonds is 2. The first kappa shape index (κ1) is 10.6. The maximum Gasteiger partial charge on any atom is 0.238 e. The molecule has 0 saturated heterocycles. The SMILES string of the molecule is Cc1ccc(C(=O)c2cc(C)c(Br)s2)o1. The second-order valence-corrected chi connectivity index (χ2v) is 5.68. The molecular formula is C11H9BrO2S. The molecule has 0 aromatic carbocycles. The standard InChI is InChI=1S/C11H9BrO2S/c1-6-5-9(15-11(6)12)10(13)8-4-3-7(2)14-8/h3-5H,1-2H3. The molecule has 0 aliphatic carbocycles. The van der Waals surface area contributed by atoms with Gasteiger partial charge in [-0.1, -0.05) is 0 Å². The zero-order valence-corrected chi connectivity index (χ0v) is 10.7. The number of halogens is 1. The molecule has 0 unspecified atom stereocenters. The number of hydrogen-bond donors (Lipinski definition) is 0. The average molecular weight is 285 g/mol. The van der Waals surface area contributed by atoms with Crippen LogP contribution in [0, 0.1) is 13.8 Å². The normalized spacial score (nSPS) is 10.6. The lowest BCUT2D eigenvalue weighted by Gasteiger charge is -1.91. The number of thiophene rings is 1. The summed E-state index contributed by atoms with van der Waals surface area (Å²) in [6, 6.07) is 5.37. The summed E-state index contributed by atoms with van der Waals surface area (Å²) in [5.41, 5.74) is 1.08. The van der Waals surface area contributed by atoms with Crippen LogP contribution in [-0.2, 0) is 0 Å². The van der Waals surface area contributed by atoms with E-state index in [0.29, 0.717) is 10.6 Å². The summed E-state index contributed by atoms with van der Waals surface area (Å²) < 4.78 is 6.29. The van der Waals surface area contributed by atoms with Gasteiger partial charge in [-0.15, -0.1) is 11.3 Å². The minimum atomic E-state index is -0.0538. The molecule has 2 rings (SSSR count).